The number of piperazine rings is 1. The first-order valence-corrected chi connectivity index (χ1v) is 15.7. The van der Waals surface area contributed by atoms with Crippen LogP contribution in [-0.4, -0.2) is 69.5 Å². The van der Waals surface area contributed by atoms with Crippen LogP contribution in [0, 0.1) is 12.7 Å². The number of hydrogen-bond acceptors (Lipinski definition) is 9. The van der Waals surface area contributed by atoms with Gasteiger partial charge >= 0.3 is 0 Å². The Kier molecular flexibility index (Phi) is 8.03. The Morgan fingerprint density at radius 3 is 2.54 bits per heavy atom. The van der Waals surface area contributed by atoms with Crippen molar-refractivity contribution in [3.8, 4) is 16.9 Å². The van der Waals surface area contributed by atoms with Gasteiger partial charge in [-0.1, -0.05) is 43.9 Å². The summed E-state index contributed by atoms with van der Waals surface area (Å²) in [6.45, 7) is 10.6. The Hall–Kier alpha value is -5.17. The molecule has 0 unspecified atom stereocenters. The average molecular weight is 641 g/mol. The van der Waals surface area contributed by atoms with E-state index in [1.165, 1.54) is 35.1 Å². The first-order valence-electron chi connectivity index (χ1n) is 14.8. The van der Waals surface area contributed by atoms with Crippen LogP contribution in [0.15, 0.2) is 54.0 Å². The van der Waals surface area contributed by atoms with E-state index < -0.39 is 17.3 Å². The number of fused-ring (bicyclic) bond motifs is 2. The summed E-state index contributed by atoms with van der Waals surface area (Å²) in [6, 6.07) is 8.45. The molecule has 46 heavy (non-hydrogen) atoms. The molecule has 5 aromatic rings. The molecule has 0 radical (unpaired) electrons. The molecule has 11 nitrogen and oxygen atoms in total. The Balaban J connectivity index is 1.74. The number of pyridine rings is 3. The van der Waals surface area contributed by atoms with E-state index in [4.69, 9.17) is 10.7 Å². The quantitative estimate of drug-likeness (QED) is 0.261. The summed E-state index contributed by atoms with van der Waals surface area (Å²) in [6.07, 6.45) is 2.92. The van der Waals surface area contributed by atoms with Crippen molar-refractivity contribution in [2.45, 2.75) is 26.7 Å². The van der Waals surface area contributed by atoms with Crippen LogP contribution >= 0.6 is 11.3 Å². The molecular formula is C33H33FN8O3S. The third kappa shape index (κ3) is 5.06. The van der Waals surface area contributed by atoms with Gasteiger partial charge in [-0.3, -0.25) is 23.9 Å². The van der Waals surface area contributed by atoms with Crippen molar-refractivity contribution in [2.24, 2.45) is 0 Å². The SMILES string of the molecule is C=CC(=O)N1CCN(c2c(C(=O)NC)c(=O)n(-c3c(C)ccnc3C(C)C)c3nc(-c4cccc5sc(N)nc45)c(F)cc23)CC1. The van der Waals surface area contributed by atoms with Crippen LogP contribution in [0.2, 0.25) is 0 Å². The molecule has 0 spiro atoms. The molecule has 0 aliphatic carbocycles. The van der Waals surface area contributed by atoms with Crippen LogP contribution in [0.4, 0.5) is 15.2 Å². The average Bonchev–Trinajstić information content (AvgIpc) is 3.44. The van der Waals surface area contributed by atoms with Gasteiger partial charge in [0.1, 0.15) is 17.1 Å². The lowest BCUT2D eigenvalue weighted by molar-refractivity contribution is -0.126. The highest BCUT2D eigenvalue weighted by Crippen LogP contribution is 2.38. The molecule has 1 fully saturated rings. The molecule has 4 aromatic heterocycles. The van der Waals surface area contributed by atoms with Crippen LogP contribution in [-0.2, 0) is 4.79 Å². The van der Waals surface area contributed by atoms with Crippen molar-refractivity contribution in [1.29, 1.82) is 0 Å². The molecule has 3 N–H and O–H groups in total. The van der Waals surface area contributed by atoms with Crippen LogP contribution in [0.1, 0.15) is 41.4 Å². The van der Waals surface area contributed by atoms with Gasteiger partial charge in [0.2, 0.25) is 5.91 Å². The first-order chi connectivity index (χ1) is 22.0. The van der Waals surface area contributed by atoms with Gasteiger partial charge in [0.25, 0.3) is 11.5 Å². The lowest BCUT2D eigenvalue weighted by Gasteiger charge is -2.37. The van der Waals surface area contributed by atoms with E-state index in [0.717, 1.165) is 10.3 Å². The van der Waals surface area contributed by atoms with E-state index in [-0.39, 0.29) is 39.8 Å². The van der Waals surface area contributed by atoms with E-state index >= 15 is 4.39 Å². The van der Waals surface area contributed by atoms with E-state index in [0.29, 0.717) is 53.8 Å². The van der Waals surface area contributed by atoms with Gasteiger partial charge < -0.3 is 20.9 Å². The number of hydrogen-bond donors (Lipinski definition) is 2. The zero-order valence-corrected chi connectivity index (χ0v) is 26.7. The Morgan fingerprint density at radius 1 is 1.13 bits per heavy atom. The number of thiazole rings is 1. The number of anilines is 2. The highest BCUT2D eigenvalue weighted by Gasteiger charge is 2.32. The highest BCUT2D eigenvalue weighted by atomic mass is 32.1. The Bertz CT molecular complexity index is 2110. The predicted molar refractivity (Wildman–Crippen MR) is 179 cm³/mol. The Labute approximate surface area is 268 Å². The smallest absolute Gasteiger partial charge is 0.271 e. The topological polar surface area (TPSA) is 139 Å². The monoisotopic (exact) mass is 640 g/mol. The summed E-state index contributed by atoms with van der Waals surface area (Å²) in [4.78, 5) is 58.1. The number of rotatable bonds is 6. The maximum Gasteiger partial charge on any atom is 0.271 e. The summed E-state index contributed by atoms with van der Waals surface area (Å²) >= 11 is 1.28. The third-order valence-electron chi connectivity index (χ3n) is 8.23. The number of aryl methyl sites for hydroxylation is 1. The normalized spacial score (nSPS) is 13.5. The van der Waals surface area contributed by atoms with Gasteiger partial charge in [0, 0.05) is 50.4 Å². The second-order valence-corrected chi connectivity index (χ2v) is 12.4. The number of carbonyl (C=O) groups excluding carboxylic acids is 2. The van der Waals surface area contributed by atoms with Crippen LogP contribution in [0.3, 0.4) is 0 Å². The molecule has 1 aliphatic rings. The molecule has 2 amide bonds. The van der Waals surface area contributed by atoms with Crippen LogP contribution < -0.4 is 21.5 Å². The molecule has 0 bridgehead atoms. The first kappa shape index (κ1) is 30.8. The van der Waals surface area contributed by atoms with Crippen molar-refractivity contribution in [2.75, 3.05) is 43.9 Å². The Morgan fingerprint density at radius 2 is 1.87 bits per heavy atom. The van der Waals surface area contributed by atoms with Gasteiger partial charge in [-0.25, -0.2) is 14.4 Å². The predicted octanol–water partition coefficient (Wildman–Crippen LogP) is 4.40. The second-order valence-electron chi connectivity index (χ2n) is 11.4. The maximum atomic E-state index is 16.4. The van der Waals surface area contributed by atoms with Crippen LogP contribution in [0.25, 0.3) is 38.2 Å². The number of nitrogens with one attached hydrogen (secondary N) is 1. The number of nitrogens with two attached hydrogens (primary N) is 1. The number of para-hydroxylation sites is 1. The molecule has 1 aliphatic heterocycles. The van der Waals surface area contributed by atoms with E-state index in [2.05, 4.69) is 21.9 Å². The number of amides is 2. The molecule has 1 saturated heterocycles. The number of halogens is 1. The van der Waals surface area contributed by atoms with E-state index in [9.17, 15) is 14.4 Å². The van der Waals surface area contributed by atoms with Gasteiger partial charge in [-0.05, 0) is 42.7 Å². The standard InChI is InChI=1S/C33H33FN8O3S/c1-6-23(43)40-12-14-41(15-13-40)29-20-16-21(34)26(19-8-7-9-22-27(19)39-33(35)46-22)38-30(20)42(32(45)24(29)31(44)36-5)28-18(4)10-11-37-25(28)17(2)3/h6-11,16-17H,1,12-15H2,2-5H3,(H2,35,39)(H,36,44). The minimum Gasteiger partial charge on any atom is -0.375 e. The zero-order chi connectivity index (χ0) is 32.9. The van der Waals surface area contributed by atoms with Crippen molar-refractivity contribution in [3.05, 3.63) is 82.2 Å². The molecule has 236 valence electrons. The fraction of sp³-hybridized carbons (Fsp3) is 0.273. The highest BCUT2D eigenvalue weighted by molar-refractivity contribution is 7.22. The molecule has 5 heterocycles. The van der Waals surface area contributed by atoms with Gasteiger partial charge in [-0.2, -0.15) is 0 Å². The molecule has 6 rings (SSSR count). The minimum atomic E-state index is -0.659. The van der Waals surface area contributed by atoms with E-state index in [1.54, 1.807) is 29.3 Å². The van der Waals surface area contributed by atoms with Crippen molar-refractivity contribution < 1.29 is 14.0 Å². The second kappa shape index (κ2) is 12.0. The van der Waals surface area contributed by atoms with Crippen molar-refractivity contribution in [1.82, 2.24) is 29.7 Å². The summed E-state index contributed by atoms with van der Waals surface area (Å²) < 4.78 is 18.6. The zero-order valence-electron chi connectivity index (χ0n) is 25.9. The maximum absolute atomic E-state index is 16.4. The molecule has 0 atom stereocenters. The lowest BCUT2D eigenvalue weighted by atomic mass is 10.0. The molecular weight excluding hydrogens is 607 g/mol. The van der Waals surface area contributed by atoms with Crippen LogP contribution in [0.5, 0.6) is 0 Å². The van der Waals surface area contributed by atoms with Gasteiger partial charge in [0.15, 0.2) is 10.8 Å². The lowest BCUT2D eigenvalue weighted by Crippen LogP contribution is -2.49. The fourth-order valence-electron chi connectivity index (χ4n) is 6.04. The number of aromatic nitrogens is 4. The largest absolute Gasteiger partial charge is 0.375 e. The van der Waals surface area contributed by atoms with Gasteiger partial charge in [0.05, 0.1) is 27.3 Å². The fourth-order valence-corrected chi connectivity index (χ4v) is 6.80. The van der Waals surface area contributed by atoms with Crippen molar-refractivity contribution in [3.63, 3.8) is 0 Å². The number of nitrogens with zero attached hydrogens (tertiary/aromatic N) is 6. The summed E-state index contributed by atoms with van der Waals surface area (Å²) in [7, 11) is 1.44. The molecule has 0 saturated carbocycles. The molecule has 13 heteroatoms. The summed E-state index contributed by atoms with van der Waals surface area (Å²) in [5, 5.41) is 3.20. The summed E-state index contributed by atoms with van der Waals surface area (Å²) in [5.74, 6) is -1.59. The summed E-state index contributed by atoms with van der Waals surface area (Å²) in [5.41, 5.74) is 8.39. The van der Waals surface area contributed by atoms with Crippen molar-refractivity contribution >= 4 is 55.2 Å². The van der Waals surface area contributed by atoms with Gasteiger partial charge in [-0.15, -0.1) is 0 Å². The van der Waals surface area contributed by atoms with E-state index in [1.807, 2.05) is 31.7 Å². The number of nitrogen functional groups attached to an aromatic ring is 1. The third-order valence-corrected chi connectivity index (χ3v) is 9.08. The number of benzene rings is 1. The number of carbonyl (C=O) groups is 2. The minimum absolute atomic E-state index is 0.00997. The molecule has 1 aromatic carbocycles.